The first-order chi connectivity index (χ1) is 15.2. The molecular weight excluding hydrogens is 440 g/mol. The Balaban J connectivity index is 1.77. The van der Waals surface area contributed by atoms with Crippen molar-refractivity contribution >= 4 is 38.8 Å². The maximum absolute atomic E-state index is 11.9. The molecule has 0 radical (unpaired) electrons. The summed E-state index contributed by atoms with van der Waals surface area (Å²) in [6.45, 7) is 4.17. The molecule has 1 N–H and O–H groups in total. The van der Waals surface area contributed by atoms with Gasteiger partial charge in [0.1, 0.15) is 6.33 Å². The Hall–Kier alpha value is -3.32. The van der Waals surface area contributed by atoms with Gasteiger partial charge in [-0.3, -0.25) is 19.8 Å². The lowest BCUT2D eigenvalue weighted by molar-refractivity contribution is -0.383. The number of nitrogens with one attached hydrogen (secondary N) is 1. The fourth-order valence-electron chi connectivity index (χ4n) is 3.29. The van der Waals surface area contributed by atoms with Crippen LogP contribution in [0.3, 0.4) is 0 Å². The van der Waals surface area contributed by atoms with Gasteiger partial charge in [-0.1, -0.05) is 0 Å². The summed E-state index contributed by atoms with van der Waals surface area (Å²) in [6, 6.07) is 5.84. The van der Waals surface area contributed by atoms with Gasteiger partial charge in [0, 0.05) is 38.1 Å². The van der Waals surface area contributed by atoms with E-state index in [1.165, 1.54) is 30.6 Å². The number of piperazine rings is 1. The van der Waals surface area contributed by atoms with Gasteiger partial charge in [0.05, 0.1) is 23.0 Å². The topological polar surface area (TPSA) is 148 Å². The predicted octanol–water partition coefficient (Wildman–Crippen LogP) is 1.22. The third kappa shape index (κ3) is 5.68. The van der Waals surface area contributed by atoms with E-state index in [9.17, 15) is 23.3 Å². The number of ether oxygens (including phenoxy) is 1. The van der Waals surface area contributed by atoms with Gasteiger partial charge in [0.15, 0.2) is 9.84 Å². The molecule has 2 aromatic rings. The molecule has 32 heavy (non-hydrogen) atoms. The van der Waals surface area contributed by atoms with Crippen molar-refractivity contribution in [3.8, 4) is 0 Å². The Morgan fingerprint density at radius 2 is 1.84 bits per heavy atom. The fraction of sp³-hybridized carbons (Fsp3) is 0.421. The lowest BCUT2D eigenvalue weighted by Crippen LogP contribution is -2.48. The van der Waals surface area contributed by atoms with Crippen LogP contribution < -0.4 is 10.2 Å². The number of aromatic nitrogens is 2. The third-order valence-corrected chi connectivity index (χ3v) is 5.99. The zero-order chi connectivity index (χ0) is 23.3. The van der Waals surface area contributed by atoms with E-state index in [2.05, 4.69) is 15.3 Å². The summed E-state index contributed by atoms with van der Waals surface area (Å²) in [7, 11) is -3.35. The molecule has 12 nitrogen and oxygen atoms in total. The maximum Gasteiger partial charge on any atom is 0.353 e. The van der Waals surface area contributed by atoms with E-state index in [1.54, 1.807) is 11.8 Å². The lowest BCUT2D eigenvalue weighted by Gasteiger charge is -2.34. The highest BCUT2D eigenvalue weighted by molar-refractivity contribution is 7.90. The number of hydrogen-bond donors (Lipinski definition) is 1. The van der Waals surface area contributed by atoms with Crippen LogP contribution in [0.5, 0.6) is 0 Å². The smallest absolute Gasteiger partial charge is 0.353 e. The number of nitrogens with zero attached hydrogens (tertiary/aromatic N) is 5. The second-order valence-corrected chi connectivity index (χ2v) is 9.16. The van der Waals surface area contributed by atoms with Crippen LogP contribution in [0.2, 0.25) is 0 Å². The summed E-state index contributed by atoms with van der Waals surface area (Å²) in [4.78, 5) is 35.0. The molecule has 3 rings (SSSR count). The Kier molecular flexibility index (Phi) is 7.20. The number of carbonyl (C=O) groups is 1. The Labute approximate surface area is 185 Å². The number of rotatable bonds is 8. The van der Waals surface area contributed by atoms with Crippen LogP contribution in [0.4, 0.5) is 23.0 Å². The van der Waals surface area contributed by atoms with Crippen LogP contribution >= 0.6 is 0 Å². The van der Waals surface area contributed by atoms with Crippen molar-refractivity contribution in [2.24, 2.45) is 0 Å². The zero-order valence-electron chi connectivity index (χ0n) is 17.7. The van der Waals surface area contributed by atoms with E-state index in [4.69, 9.17) is 4.74 Å². The molecule has 0 atom stereocenters. The van der Waals surface area contributed by atoms with E-state index in [-0.39, 0.29) is 34.7 Å². The van der Waals surface area contributed by atoms with Crippen LogP contribution in [0.1, 0.15) is 6.92 Å². The Morgan fingerprint density at radius 3 is 2.41 bits per heavy atom. The van der Waals surface area contributed by atoms with Gasteiger partial charge in [-0.25, -0.2) is 18.4 Å². The minimum Gasteiger partial charge on any atom is -0.465 e. The summed E-state index contributed by atoms with van der Waals surface area (Å²) in [5.41, 5.74) is 0.169. The fourth-order valence-corrected chi connectivity index (χ4v) is 3.92. The minimum atomic E-state index is -3.35. The average Bonchev–Trinajstić information content (AvgIpc) is 2.74. The number of benzene rings is 1. The molecular formula is C19H24N6O6S. The Bertz CT molecular complexity index is 1080. The number of sulfone groups is 1. The molecule has 1 aromatic carbocycles. The van der Waals surface area contributed by atoms with Crippen LogP contribution in [-0.4, -0.2) is 79.8 Å². The van der Waals surface area contributed by atoms with Gasteiger partial charge in [-0.05, 0) is 31.2 Å². The third-order valence-electron chi connectivity index (χ3n) is 4.86. The second kappa shape index (κ2) is 9.87. The summed E-state index contributed by atoms with van der Waals surface area (Å²) in [5.74, 6) is -0.126. The van der Waals surface area contributed by atoms with Crippen LogP contribution in [0.25, 0.3) is 0 Å². The molecule has 0 aliphatic carbocycles. The van der Waals surface area contributed by atoms with E-state index in [1.807, 2.05) is 4.90 Å². The monoisotopic (exact) mass is 464 g/mol. The van der Waals surface area contributed by atoms with E-state index in [0.717, 1.165) is 6.26 Å². The van der Waals surface area contributed by atoms with Crippen LogP contribution in [-0.2, 0) is 19.4 Å². The quantitative estimate of drug-likeness (QED) is 0.341. The van der Waals surface area contributed by atoms with Gasteiger partial charge in [0.2, 0.25) is 11.6 Å². The standard InChI is InChI=1S/C19H24N6O6S/c1-3-31-16(26)12-23-8-10-24(11-9-23)19-17(25(27)28)18(20-13-21-19)22-14-4-6-15(7-5-14)32(2,29)30/h4-7,13H,3,8-12H2,1-2H3,(H,20,21,22). The van der Waals surface area contributed by atoms with Gasteiger partial charge in [-0.15, -0.1) is 0 Å². The van der Waals surface area contributed by atoms with Crippen molar-refractivity contribution in [3.63, 3.8) is 0 Å². The highest BCUT2D eigenvalue weighted by atomic mass is 32.2. The first-order valence-electron chi connectivity index (χ1n) is 9.88. The molecule has 172 valence electrons. The first-order valence-corrected chi connectivity index (χ1v) is 11.8. The first kappa shape index (κ1) is 23.3. The van der Waals surface area contributed by atoms with Crippen molar-refractivity contribution in [1.29, 1.82) is 0 Å². The number of esters is 1. The highest BCUT2D eigenvalue weighted by Gasteiger charge is 2.30. The van der Waals surface area contributed by atoms with E-state index >= 15 is 0 Å². The predicted molar refractivity (Wildman–Crippen MR) is 117 cm³/mol. The molecule has 0 spiro atoms. The summed E-state index contributed by atoms with van der Waals surface area (Å²) in [5, 5.41) is 14.7. The molecule has 1 aromatic heterocycles. The van der Waals surface area contributed by atoms with Crippen molar-refractivity contribution in [3.05, 3.63) is 40.7 Å². The number of hydrogen-bond acceptors (Lipinski definition) is 11. The molecule has 0 unspecified atom stereocenters. The maximum atomic E-state index is 11.9. The van der Waals surface area contributed by atoms with Crippen molar-refractivity contribution in [2.45, 2.75) is 11.8 Å². The van der Waals surface area contributed by atoms with Gasteiger partial charge >= 0.3 is 11.7 Å². The van der Waals surface area contributed by atoms with Gasteiger partial charge < -0.3 is 15.0 Å². The van der Waals surface area contributed by atoms with Crippen LogP contribution in [0.15, 0.2) is 35.5 Å². The number of anilines is 3. The highest BCUT2D eigenvalue weighted by Crippen LogP contribution is 2.34. The summed E-state index contributed by atoms with van der Waals surface area (Å²) in [6.07, 6.45) is 2.34. The molecule has 1 aliphatic rings. The van der Waals surface area contributed by atoms with Gasteiger partial charge in [-0.2, -0.15) is 0 Å². The molecule has 13 heteroatoms. The number of carbonyl (C=O) groups excluding carboxylic acids is 1. The summed E-state index contributed by atoms with van der Waals surface area (Å²) < 4.78 is 28.2. The molecule has 1 aliphatic heterocycles. The molecule has 1 fully saturated rings. The van der Waals surface area contributed by atoms with Crippen LogP contribution in [0, 0.1) is 10.1 Å². The Morgan fingerprint density at radius 1 is 1.19 bits per heavy atom. The minimum absolute atomic E-state index is 0.000980. The lowest BCUT2D eigenvalue weighted by atomic mass is 10.2. The molecule has 0 bridgehead atoms. The number of nitro groups is 1. The SMILES string of the molecule is CCOC(=O)CN1CCN(c2ncnc(Nc3ccc(S(C)(=O)=O)cc3)c2[N+](=O)[O-])CC1. The molecule has 0 amide bonds. The van der Waals surface area contributed by atoms with Crippen molar-refractivity contribution < 1.29 is 22.9 Å². The van der Waals surface area contributed by atoms with Gasteiger partial charge in [0.25, 0.3) is 0 Å². The molecule has 0 saturated carbocycles. The largest absolute Gasteiger partial charge is 0.465 e. The molecule has 2 heterocycles. The van der Waals surface area contributed by atoms with E-state index in [0.29, 0.717) is 38.5 Å². The normalized spacial score (nSPS) is 14.8. The van der Waals surface area contributed by atoms with E-state index < -0.39 is 14.8 Å². The average molecular weight is 465 g/mol. The second-order valence-electron chi connectivity index (χ2n) is 7.14. The summed E-state index contributed by atoms with van der Waals surface area (Å²) >= 11 is 0. The van der Waals surface area contributed by atoms with Crippen molar-refractivity contribution in [2.75, 3.05) is 55.8 Å². The zero-order valence-corrected chi connectivity index (χ0v) is 18.5. The van der Waals surface area contributed by atoms with Crippen molar-refractivity contribution in [1.82, 2.24) is 14.9 Å². The molecule has 1 saturated heterocycles.